The van der Waals surface area contributed by atoms with Crippen LogP contribution in [0.25, 0.3) is 104 Å². The fourth-order valence-electron chi connectivity index (χ4n) is 8.15. The van der Waals surface area contributed by atoms with Gasteiger partial charge in [-0.05, 0) is 108 Å². The number of hydrogen-bond donors (Lipinski definition) is 0. The minimum absolute atomic E-state index is 0.999. The summed E-state index contributed by atoms with van der Waals surface area (Å²) in [5.74, 6) is 0. The van der Waals surface area contributed by atoms with Gasteiger partial charge < -0.3 is 0 Å². The average molecular weight is 595 g/mol. The zero-order valence-corrected chi connectivity index (χ0v) is 25.4. The summed E-state index contributed by atoms with van der Waals surface area (Å²) >= 11 is 0. The van der Waals surface area contributed by atoms with E-state index in [1.807, 2.05) is 0 Å². The van der Waals surface area contributed by atoms with Crippen molar-refractivity contribution in [3.05, 3.63) is 158 Å². The Labute approximate surface area is 270 Å². The summed E-state index contributed by atoms with van der Waals surface area (Å²) in [6.45, 7) is 0. The Morgan fingerprint density at radius 3 is 1.89 bits per heavy atom. The molecule has 2 aromatic heterocycles. The molecule has 2 heterocycles. The lowest BCUT2D eigenvalue weighted by atomic mass is 9.92. The summed E-state index contributed by atoms with van der Waals surface area (Å²) in [6, 6.07) is 57.8. The third-order valence-corrected chi connectivity index (χ3v) is 10.3. The predicted molar refractivity (Wildman–Crippen MR) is 198 cm³/mol. The molecule has 0 atom stereocenters. The van der Waals surface area contributed by atoms with E-state index < -0.39 is 0 Å². The van der Waals surface area contributed by atoms with Crippen LogP contribution in [0, 0.1) is 0 Å². The number of aromatic nitrogens is 2. The fourth-order valence-corrected chi connectivity index (χ4v) is 8.15. The topological polar surface area (TPSA) is 17.3 Å². The van der Waals surface area contributed by atoms with E-state index in [0.717, 1.165) is 16.7 Å². The zero-order valence-electron chi connectivity index (χ0n) is 25.4. The van der Waals surface area contributed by atoms with Crippen molar-refractivity contribution in [3.63, 3.8) is 0 Å². The summed E-state index contributed by atoms with van der Waals surface area (Å²) in [5.41, 5.74) is 14.5. The molecule has 10 aromatic rings. The lowest BCUT2D eigenvalue weighted by Gasteiger charge is -2.14. The maximum atomic E-state index is 5.18. The van der Waals surface area contributed by atoms with Gasteiger partial charge in [-0.1, -0.05) is 121 Å². The van der Waals surface area contributed by atoms with Crippen molar-refractivity contribution in [2.45, 2.75) is 0 Å². The van der Waals surface area contributed by atoms with Gasteiger partial charge in [-0.3, -0.25) is 4.40 Å². The molecule has 2 heteroatoms. The highest BCUT2D eigenvalue weighted by molar-refractivity contribution is 6.19. The number of para-hydroxylation sites is 2. The minimum Gasteiger partial charge on any atom is -0.292 e. The summed E-state index contributed by atoms with van der Waals surface area (Å²) in [4.78, 5) is 5.18. The Hall–Kier alpha value is -6.25. The highest BCUT2D eigenvalue weighted by atomic mass is 15.0. The van der Waals surface area contributed by atoms with Gasteiger partial charge in [0.25, 0.3) is 0 Å². The van der Waals surface area contributed by atoms with Crippen LogP contribution in [0.1, 0.15) is 0 Å². The van der Waals surface area contributed by atoms with Gasteiger partial charge in [-0.15, -0.1) is 0 Å². The van der Waals surface area contributed by atoms with E-state index in [4.69, 9.17) is 4.98 Å². The van der Waals surface area contributed by atoms with E-state index in [9.17, 15) is 0 Å². The van der Waals surface area contributed by atoms with Gasteiger partial charge in [0.05, 0.1) is 16.6 Å². The molecule has 0 bridgehead atoms. The number of imidazole rings is 1. The molecule has 0 fully saturated rings. The van der Waals surface area contributed by atoms with Gasteiger partial charge in [0.1, 0.15) is 5.65 Å². The van der Waals surface area contributed by atoms with Crippen molar-refractivity contribution in [1.29, 1.82) is 0 Å². The molecule has 1 aliphatic rings. The van der Waals surface area contributed by atoms with Gasteiger partial charge in [0, 0.05) is 10.8 Å². The SMILES string of the molecule is c1cc(-c2ccc3c4cc5ccccc5cc4c4nc5ccccc5n4c3c2)cc(-c2ccc3c4c(cccc24)-c2ccccc2-3)c1. The first-order valence-corrected chi connectivity index (χ1v) is 16.2. The zero-order chi connectivity index (χ0) is 30.6. The smallest absolute Gasteiger partial charge is 0.146 e. The summed E-state index contributed by atoms with van der Waals surface area (Å²) in [5, 5.41) is 8.77. The lowest BCUT2D eigenvalue weighted by molar-refractivity contribution is 1.32. The lowest BCUT2D eigenvalue weighted by Crippen LogP contribution is -1.93. The highest BCUT2D eigenvalue weighted by Gasteiger charge is 2.22. The van der Waals surface area contributed by atoms with E-state index in [-0.39, 0.29) is 0 Å². The summed E-state index contributed by atoms with van der Waals surface area (Å²) in [6.07, 6.45) is 0. The second kappa shape index (κ2) is 9.15. The van der Waals surface area contributed by atoms with Crippen molar-refractivity contribution < 1.29 is 0 Å². The average Bonchev–Trinajstić information content (AvgIpc) is 3.69. The maximum Gasteiger partial charge on any atom is 0.146 e. The Morgan fingerprint density at radius 2 is 1.02 bits per heavy atom. The van der Waals surface area contributed by atoms with Crippen molar-refractivity contribution >= 4 is 59.9 Å². The van der Waals surface area contributed by atoms with Crippen molar-refractivity contribution in [1.82, 2.24) is 9.38 Å². The van der Waals surface area contributed by atoms with E-state index in [2.05, 4.69) is 162 Å². The molecule has 1 aliphatic carbocycles. The monoisotopic (exact) mass is 594 g/mol. The fraction of sp³-hybridized carbons (Fsp3) is 0. The second-order valence-electron chi connectivity index (χ2n) is 12.8. The van der Waals surface area contributed by atoms with Gasteiger partial charge in [0.15, 0.2) is 0 Å². The largest absolute Gasteiger partial charge is 0.292 e. The summed E-state index contributed by atoms with van der Waals surface area (Å²) < 4.78 is 2.36. The highest BCUT2D eigenvalue weighted by Crippen LogP contribution is 2.49. The van der Waals surface area contributed by atoms with Crippen LogP contribution in [0.3, 0.4) is 0 Å². The van der Waals surface area contributed by atoms with Gasteiger partial charge in [-0.2, -0.15) is 0 Å². The van der Waals surface area contributed by atoms with E-state index >= 15 is 0 Å². The molecule has 0 aliphatic heterocycles. The van der Waals surface area contributed by atoms with Crippen LogP contribution in [0.15, 0.2) is 158 Å². The minimum atomic E-state index is 0.999. The molecular weight excluding hydrogens is 569 g/mol. The maximum absolute atomic E-state index is 5.18. The van der Waals surface area contributed by atoms with Crippen molar-refractivity contribution in [2.24, 2.45) is 0 Å². The quantitative estimate of drug-likeness (QED) is 0.144. The molecule has 0 amide bonds. The first-order chi connectivity index (χ1) is 23.3. The summed E-state index contributed by atoms with van der Waals surface area (Å²) in [7, 11) is 0. The second-order valence-corrected chi connectivity index (χ2v) is 12.8. The van der Waals surface area contributed by atoms with Gasteiger partial charge in [-0.25, -0.2) is 4.98 Å². The number of rotatable bonds is 2. The predicted octanol–water partition coefficient (Wildman–Crippen LogP) is 12.1. The molecule has 2 nitrogen and oxygen atoms in total. The standard InChI is InChI=1S/C45H26N2/c1-2-10-29-25-40-39(24-28(29)9-1)35-20-19-30(26-43(35)47-42-18-6-5-17-41(42)46-45(40)47)27-11-7-12-31(23-27)32-21-22-38-34-14-4-3-13-33(34)37-16-8-15-36(32)44(37)38/h1-26H. The van der Waals surface area contributed by atoms with E-state index in [1.54, 1.807) is 0 Å². The van der Waals surface area contributed by atoms with Crippen molar-refractivity contribution in [3.8, 4) is 44.5 Å². The molecule has 0 unspecified atom stereocenters. The van der Waals surface area contributed by atoms with Crippen LogP contribution in [-0.2, 0) is 0 Å². The van der Waals surface area contributed by atoms with E-state index in [1.165, 1.54) is 87.7 Å². The third kappa shape index (κ3) is 3.42. The van der Waals surface area contributed by atoms with Crippen LogP contribution in [0.2, 0.25) is 0 Å². The first-order valence-electron chi connectivity index (χ1n) is 16.2. The Balaban J connectivity index is 1.14. The van der Waals surface area contributed by atoms with Crippen LogP contribution < -0.4 is 0 Å². The molecule has 8 aromatic carbocycles. The van der Waals surface area contributed by atoms with Crippen LogP contribution in [0.4, 0.5) is 0 Å². The Morgan fingerprint density at radius 1 is 0.362 bits per heavy atom. The van der Waals surface area contributed by atoms with Gasteiger partial charge >= 0.3 is 0 Å². The normalized spacial score (nSPS) is 12.3. The number of hydrogen-bond acceptors (Lipinski definition) is 1. The number of fused-ring (bicyclic) bond motifs is 12. The molecule has 0 radical (unpaired) electrons. The molecule has 47 heavy (non-hydrogen) atoms. The molecular formula is C45H26N2. The number of nitrogens with zero attached hydrogens (tertiary/aromatic N) is 2. The molecule has 0 saturated carbocycles. The van der Waals surface area contributed by atoms with Crippen LogP contribution in [-0.4, -0.2) is 9.38 Å². The molecule has 216 valence electrons. The van der Waals surface area contributed by atoms with Gasteiger partial charge in [0.2, 0.25) is 0 Å². The van der Waals surface area contributed by atoms with Crippen LogP contribution >= 0.6 is 0 Å². The molecule has 11 rings (SSSR count). The molecule has 0 saturated heterocycles. The Bertz CT molecular complexity index is 2930. The van der Waals surface area contributed by atoms with Crippen molar-refractivity contribution in [2.75, 3.05) is 0 Å². The molecule has 0 spiro atoms. The first kappa shape index (κ1) is 25.0. The third-order valence-electron chi connectivity index (χ3n) is 10.3. The number of pyridine rings is 1. The Kier molecular flexibility index (Phi) is 4.87. The molecule has 0 N–H and O–H groups in total. The number of benzene rings is 8. The van der Waals surface area contributed by atoms with Crippen LogP contribution in [0.5, 0.6) is 0 Å². The van der Waals surface area contributed by atoms with E-state index in [0.29, 0.717) is 0 Å².